The Morgan fingerprint density at radius 2 is 1.82 bits per heavy atom. The molecule has 2 aromatic heterocycles. The second-order valence-corrected chi connectivity index (χ2v) is 9.29. The first-order chi connectivity index (χ1) is 16.7. The van der Waals surface area contributed by atoms with Gasteiger partial charge in [-0.05, 0) is 61.7 Å². The molecule has 2 aromatic carbocycles. The molecule has 0 radical (unpaired) electrons. The molecule has 2 aliphatic heterocycles. The van der Waals surface area contributed by atoms with Gasteiger partial charge in [-0.15, -0.1) is 0 Å². The Morgan fingerprint density at radius 1 is 0.941 bits per heavy atom. The van der Waals surface area contributed by atoms with Crippen LogP contribution in [0.15, 0.2) is 66.9 Å². The standard InChI is InChI=1S/C27H25ClFN5/c28-18-11-12-23-20(17-18)26-22(31-27(32-26)19-7-1-2-8-21(19)29)13-16-33(23)25-10-4-6-15-34(25)24-9-3-5-14-30-24/h1-3,5,7-9,11-12,14,17,25H,4,6,10,13,15-16H2,(H,31,32). The minimum atomic E-state index is -0.285. The first-order valence-electron chi connectivity index (χ1n) is 11.8. The van der Waals surface area contributed by atoms with Crippen molar-refractivity contribution in [2.24, 2.45) is 0 Å². The Balaban J connectivity index is 1.44. The molecule has 172 valence electrons. The van der Waals surface area contributed by atoms with Crippen LogP contribution >= 0.6 is 11.6 Å². The number of rotatable bonds is 3. The van der Waals surface area contributed by atoms with E-state index in [2.05, 4.69) is 31.9 Å². The lowest BCUT2D eigenvalue weighted by molar-refractivity contribution is 0.437. The number of aromatic nitrogens is 3. The Hall–Kier alpha value is -3.38. The lowest BCUT2D eigenvalue weighted by atomic mass is 10.0. The zero-order chi connectivity index (χ0) is 23.1. The van der Waals surface area contributed by atoms with Gasteiger partial charge in [-0.2, -0.15) is 0 Å². The van der Waals surface area contributed by atoms with Gasteiger partial charge in [0.1, 0.15) is 23.6 Å². The summed E-state index contributed by atoms with van der Waals surface area (Å²) < 4.78 is 14.5. The molecule has 1 atom stereocenters. The summed E-state index contributed by atoms with van der Waals surface area (Å²) in [6.45, 7) is 1.79. The lowest BCUT2D eigenvalue weighted by Crippen LogP contribution is -2.52. The maximum Gasteiger partial charge on any atom is 0.141 e. The molecule has 4 aromatic rings. The monoisotopic (exact) mass is 473 g/mol. The maximum absolute atomic E-state index is 14.5. The minimum Gasteiger partial charge on any atom is -0.350 e. The van der Waals surface area contributed by atoms with Crippen LogP contribution < -0.4 is 9.80 Å². The first-order valence-corrected chi connectivity index (χ1v) is 12.1. The number of nitrogens with zero attached hydrogens (tertiary/aromatic N) is 4. The largest absolute Gasteiger partial charge is 0.350 e. The summed E-state index contributed by atoms with van der Waals surface area (Å²) in [5.41, 5.74) is 4.40. The van der Waals surface area contributed by atoms with Crippen LogP contribution in [0, 0.1) is 5.82 Å². The highest BCUT2D eigenvalue weighted by Crippen LogP contribution is 2.41. The highest BCUT2D eigenvalue weighted by atomic mass is 35.5. The van der Waals surface area contributed by atoms with Gasteiger partial charge in [0.25, 0.3) is 0 Å². The molecular weight excluding hydrogens is 449 g/mol. The first kappa shape index (κ1) is 21.2. The third-order valence-electron chi connectivity index (χ3n) is 6.81. The van der Waals surface area contributed by atoms with E-state index in [-0.39, 0.29) is 12.0 Å². The smallest absolute Gasteiger partial charge is 0.141 e. The third-order valence-corrected chi connectivity index (χ3v) is 7.04. The van der Waals surface area contributed by atoms with E-state index in [9.17, 15) is 4.39 Å². The summed E-state index contributed by atoms with van der Waals surface area (Å²) >= 11 is 6.47. The zero-order valence-electron chi connectivity index (χ0n) is 18.7. The van der Waals surface area contributed by atoms with Crippen LogP contribution in [-0.2, 0) is 6.42 Å². The number of imidazole rings is 1. The Kier molecular flexibility index (Phi) is 5.46. The van der Waals surface area contributed by atoms with Gasteiger partial charge in [0.15, 0.2) is 0 Å². The fraction of sp³-hybridized carbons (Fsp3) is 0.259. The number of anilines is 2. The lowest BCUT2D eigenvalue weighted by Gasteiger charge is -2.44. The van der Waals surface area contributed by atoms with Crippen LogP contribution in [-0.4, -0.2) is 34.2 Å². The second-order valence-electron chi connectivity index (χ2n) is 8.86. The van der Waals surface area contributed by atoms with E-state index in [1.54, 1.807) is 12.1 Å². The van der Waals surface area contributed by atoms with Gasteiger partial charge in [0, 0.05) is 47.7 Å². The fourth-order valence-electron chi connectivity index (χ4n) is 5.23. The van der Waals surface area contributed by atoms with Crippen LogP contribution in [0.1, 0.15) is 25.0 Å². The molecular formula is C27H25ClFN5. The van der Waals surface area contributed by atoms with Crippen molar-refractivity contribution in [3.05, 3.63) is 83.4 Å². The number of piperidine rings is 1. The van der Waals surface area contributed by atoms with Gasteiger partial charge in [0.05, 0.1) is 11.3 Å². The van der Waals surface area contributed by atoms with Gasteiger partial charge in [0.2, 0.25) is 0 Å². The predicted octanol–water partition coefficient (Wildman–Crippen LogP) is 6.31. The summed E-state index contributed by atoms with van der Waals surface area (Å²) in [5, 5.41) is 0.659. The van der Waals surface area contributed by atoms with Gasteiger partial charge in [-0.1, -0.05) is 29.8 Å². The average Bonchev–Trinajstić information content (AvgIpc) is 3.23. The van der Waals surface area contributed by atoms with Crippen molar-refractivity contribution in [2.45, 2.75) is 31.8 Å². The van der Waals surface area contributed by atoms with Crippen molar-refractivity contribution in [3.63, 3.8) is 0 Å². The average molecular weight is 474 g/mol. The minimum absolute atomic E-state index is 0.193. The molecule has 6 rings (SSSR count). The number of H-pyrrole nitrogens is 1. The summed E-state index contributed by atoms with van der Waals surface area (Å²) in [4.78, 5) is 17.8. The Morgan fingerprint density at radius 3 is 2.68 bits per heavy atom. The van der Waals surface area contributed by atoms with E-state index < -0.39 is 0 Å². The zero-order valence-corrected chi connectivity index (χ0v) is 19.5. The molecule has 4 heterocycles. The molecule has 1 N–H and O–H groups in total. The number of nitrogens with one attached hydrogen (secondary N) is 1. The summed E-state index contributed by atoms with van der Waals surface area (Å²) in [7, 11) is 0. The van der Waals surface area contributed by atoms with E-state index in [1.165, 1.54) is 12.5 Å². The molecule has 1 fully saturated rings. The molecule has 2 aliphatic rings. The fourth-order valence-corrected chi connectivity index (χ4v) is 5.41. The summed E-state index contributed by atoms with van der Waals surface area (Å²) in [6.07, 6.45) is 6.21. The van der Waals surface area contributed by atoms with Gasteiger partial charge in [-0.25, -0.2) is 14.4 Å². The topological polar surface area (TPSA) is 48.1 Å². The van der Waals surface area contributed by atoms with Crippen molar-refractivity contribution in [2.75, 3.05) is 22.9 Å². The van der Waals surface area contributed by atoms with Gasteiger partial charge < -0.3 is 14.8 Å². The van der Waals surface area contributed by atoms with Crippen LogP contribution in [0.4, 0.5) is 15.9 Å². The molecule has 5 nitrogen and oxygen atoms in total. The SMILES string of the molecule is Fc1ccccc1-c1nc2c([nH]1)CCN(C1CCCCN1c1ccccn1)c1ccc(Cl)cc1-2. The molecule has 0 amide bonds. The van der Waals surface area contributed by atoms with Crippen LogP contribution in [0.5, 0.6) is 0 Å². The van der Waals surface area contributed by atoms with E-state index in [0.29, 0.717) is 16.4 Å². The molecule has 0 aliphatic carbocycles. The number of hydrogen-bond donors (Lipinski definition) is 1. The quantitative estimate of drug-likeness (QED) is 0.378. The summed E-state index contributed by atoms with van der Waals surface area (Å²) in [6, 6.07) is 18.8. The molecule has 0 bridgehead atoms. The molecule has 0 saturated carbocycles. The normalized spacial score (nSPS) is 17.8. The highest BCUT2D eigenvalue weighted by Gasteiger charge is 2.33. The van der Waals surface area contributed by atoms with Crippen molar-refractivity contribution < 1.29 is 4.39 Å². The number of fused-ring (bicyclic) bond motifs is 3. The van der Waals surface area contributed by atoms with Crippen molar-refractivity contribution in [1.29, 1.82) is 0 Å². The molecule has 1 unspecified atom stereocenters. The van der Waals surface area contributed by atoms with Crippen molar-refractivity contribution in [3.8, 4) is 22.6 Å². The maximum atomic E-state index is 14.5. The van der Waals surface area contributed by atoms with E-state index in [0.717, 1.165) is 60.8 Å². The van der Waals surface area contributed by atoms with E-state index >= 15 is 0 Å². The predicted molar refractivity (Wildman–Crippen MR) is 135 cm³/mol. The number of benzene rings is 2. The molecule has 7 heteroatoms. The second kappa shape index (κ2) is 8.76. The van der Waals surface area contributed by atoms with Gasteiger partial charge >= 0.3 is 0 Å². The Bertz CT molecular complexity index is 1320. The Labute approximate surface area is 203 Å². The number of hydrogen-bond acceptors (Lipinski definition) is 4. The van der Waals surface area contributed by atoms with E-state index in [4.69, 9.17) is 16.6 Å². The van der Waals surface area contributed by atoms with Crippen molar-refractivity contribution >= 4 is 23.1 Å². The third kappa shape index (κ3) is 3.72. The summed E-state index contributed by atoms with van der Waals surface area (Å²) in [5.74, 6) is 1.27. The highest BCUT2D eigenvalue weighted by molar-refractivity contribution is 6.31. The molecule has 34 heavy (non-hydrogen) atoms. The van der Waals surface area contributed by atoms with Crippen LogP contribution in [0.2, 0.25) is 5.02 Å². The van der Waals surface area contributed by atoms with Crippen molar-refractivity contribution in [1.82, 2.24) is 15.0 Å². The molecule has 0 spiro atoms. The van der Waals surface area contributed by atoms with Crippen LogP contribution in [0.3, 0.4) is 0 Å². The van der Waals surface area contributed by atoms with E-state index in [1.807, 2.05) is 36.5 Å². The number of halogens is 2. The molecule has 1 saturated heterocycles. The number of pyridine rings is 1. The number of aromatic amines is 1. The van der Waals surface area contributed by atoms with Crippen LogP contribution in [0.25, 0.3) is 22.6 Å². The van der Waals surface area contributed by atoms with Gasteiger partial charge in [-0.3, -0.25) is 0 Å².